The lowest BCUT2D eigenvalue weighted by Gasteiger charge is -2.13. The quantitative estimate of drug-likeness (QED) is 0.701. The van der Waals surface area contributed by atoms with Crippen molar-refractivity contribution >= 4 is 34.8 Å². The van der Waals surface area contributed by atoms with Crippen LogP contribution < -0.4 is 24.8 Å². The lowest BCUT2D eigenvalue weighted by molar-refractivity contribution is -0.133. The van der Waals surface area contributed by atoms with Gasteiger partial charge >= 0.3 is 11.8 Å². The number of ether oxygens (including phenoxy) is 3. The third-order valence-electron chi connectivity index (χ3n) is 3.42. The summed E-state index contributed by atoms with van der Waals surface area (Å²) >= 11 is 5.92. The maximum absolute atomic E-state index is 12.2. The highest BCUT2D eigenvalue weighted by Crippen LogP contribution is 2.31. The molecule has 0 aliphatic rings. The first-order chi connectivity index (χ1) is 13.0. The summed E-state index contributed by atoms with van der Waals surface area (Å²) in [7, 11) is 1.45. The fourth-order valence-electron chi connectivity index (χ4n) is 2.27. The molecule has 0 saturated carbocycles. The van der Waals surface area contributed by atoms with Crippen LogP contribution in [0.1, 0.15) is 13.8 Å². The Hall–Kier alpha value is -2.93. The predicted octanol–water partition coefficient (Wildman–Crippen LogP) is 3.72. The fraction of sp³-hybridized carbons (Fsp3) is 0.263. The minimum atomic E-state index is -0.859. The summed E-state index contributed by atoms with van der Waals surface area (Å²) < 4.78 is 16.1. The Bertz CT molecular complexity index is 826. The Morgan fingerprint density at radius 3 is 2.19 bits per heavy atom. The van der Waals surface area contributed by atoms with Crippen LogP contribution in [0.2, 0.25) is 5.02 Å². The minimum absolute atomic E-state index is 0.298. The van der Waals surface area contributed by atoms with E-state index in [-0.39, 0.29) is 0 Å². The minimum Gasteiger partial charge on any atom is -0.495 e. The molecule has 0 aliphatic carbocycles. The molecule has 0 unspecified atom stereocenters. The van der Waals surface area contributed by atoms with E-state index in [1.54, 1.807) is 30.3 Å². The first-order valence-electron chi connectivity index (χ1n) is 8.34. The van der Waals surface area contributed by atoms with E-state index >= 15 is 0 Å². The Morgan fingerprint density at radius 2 is 1.52 bits per heavy atom. The van der Waals surface area contributed by atoms with Crippen molar-refractivity contribution in [1.29, 1.82) is 0 Å². The van der Waals surface area contributed by atoms with Crippen LogP contribution in [0.3, 0.4) is 0 Å². The molecular formula is C19H21ClN2O5. The number of rotatable bonds is 7. The lowest BCUT2D eigenvalue weighted by Crippen LogP contribution is -2.29. The van der Waals surface area contributed by atoms with E-state index in [1.807, 2.05) is 13.8 Å². The molecule has 8 heteroatoms. The smallest absolute Gasteiger partial charge is 0.314 e. The van der Waals surface area contributed by atoms with E-state index in [1.165, 1.54) is 13.2 Å². The number of carbonyl (C=O) groups is 2. The van der Waals surface area contributed by atoms with Crippen LogP contribution in [0.15, 0.2) is 36.4 Å². The average molecular weight is 393 g/mol. The van der Waals surface area contributed by atoms with E-state index in [0.717, 1.165) is 0 Å². The van der Waals surface area contributed by atoms with Crippen LogP contribution in [-0.2, 0) is 9.59 Å². The zero-order chi connectivity index (χ0) is 19.8. The van der Waals surface area contributed by atoms with Crippen molar-refractivity contribution in [2.75, 3.05) is 31.0 Å². The molecule has 0 radical (unpaired) electrons. The second-order valence-corrected chi connectivity index (χ2v) is 5.72. The maximum Gasteiger partial charge on any atom is 0.314 e. The summed E-state index contributed by atoms with van der Waals surface area (Å²) in [5.74, 6) is -0.272. The number of halogens is 1. The van der Waals surface area contributed by atoms with E-state index < -0.39 is 11.8 Å². The molecule has 7 nitrogen and oxygen atoms in total. The van der Waals surface area contributed by atoms with Crippen LogP contribution in [0.4, 0.5) is 11.4 Å². The molecule has 0 aliphatic heterocycles. The van der Waals surface area contributed by atoms with Crippen LogP contribution >= 0.6 is 11.6 Å². The number of carbonyl (C=O) groups excluding carboxylic acids is 2. The normalized spacial score (nSPS) is 10.1. The van der Waals surface area contributed by atoms with Gasteiger partial charge in [-0.15, -0.1) is 0 Å². The molecule has 2 aromatic carbocycles. The summed E-state index contributed by atoms with van der Waals surface area (Å²) in [6, 6.07) is 9.60. The molecule has 2 N–H and O–H groups in total. The van der Waals surface area contributed by atoms with Gasteiger partial charge in [-0.2, -0.15) is 0 Å². The van der Waals surface area contributed by atoms with Crippen molar-refractivity contribution in [2.45, 2.75) is 13.8 Å². The summed E-state index contributed by atoms with van der Waals surface area (Å²) in [6.45, 7) is 4.62. The van der Waals surface area contributed by atoms with Crippen LogP contribution in [0.25, 0.3) is 0 Å². The Balaban J connectivity index is 2.11. The molecule has 0 spiro atoms. The third-order valence-corrected chi connectivity index (χ3v) is 3.65. The number of methoxy groups -OCH3 is 1. The third kappa shape index (κ3) is 5.52. The SMILES string of the molecule is CCOc1ccc(NC(=O)C(=O)Nc2cc(Cl)ccc2OC)cc1OCC. The van der Waals surface area contributed by atoms with Gasteiger partial charge in [-0.25, -0.2) is 0 Å². The van der Waals surface area contributed by atoms with Crippen molar-refractivity contribution in [3.63, 3.8) is 0 Å². The van der Waals surface area contributed by atoms with Crippen LogP contribution in [-0.4, -0.2) is 32.1 Å². The molecule has 27 heavy (non-hydrogen) atoms. The number of benzene rings is 2. The van der Waals surface area contributed by atoms with Crippen LogP contribution in [0, 0.1) is 0 Å². The van der Waals surface area contributed by atoms with Gasteiger partial charge in [0.1, 0.15) is 5.75 Å². The maximum atomic E-state index is 12.2. The highest BCUT2D eigenvalue weighted by molar-refractivity contribution is 6.44. The predicted molar refractivity (Wildman–Crippen MR) is 104 cm³/mol. The Kier molecular flexibility index (Phi) is 7.31. The summed E-state index contributed by atoms with van der Waals surface area (Å²) in [4.78, 5) is 24.4. The molecule has 2 rings (SSSR count). The molecular weight excluding hydrogens is 372 g/mol. The monoisotopic (exact) mass is 392 g/mol. The molecule has 2 amide bonds. The van der Waals surface area contributed by atoms with Gasteiger partial charge in [0.15, 0.2) is 11.5 Å². The van der Waals surface area contributed by atoms with Crippen molar-refractivity contribution in [1.82, 2.24) is 0 Å². The van der Waals surface area contributed by atoms with Gasteiger partial charge < -0.3 is 24.8 Å². The summed E-state index contributed by atoms with van der Waals surface area (Å²) in [5.41, 5.74) is 0.701. The topological polar surface area (TPSA) is 85.9 Å². The second-order valence-electron chi connectivity index (χ2n) is 5.28. The highest BCUT2D eigenvalue weighted by atomic mass is 35.5. The molecule has 0 bridgehead atoms. The first-order valence-corrected chi connectivity index (χ1v) is 8.71. The van der Waals surface area contributed by atoms with Gasteiger partial charge in [-0.3, -0.25) is 9.59 Å². The molecule has 0 atom stereocenters. The Morgan fingerprint density at radius 1 is 0.889 bits per heavy atom. The fourth-order valence-corrected chi connectivity index (χ4v) is 2.45. The van der Waals surface area contributed by atoms with Crippen LogP contribution in [0.5, 0.6) is 17.2 Å². The van der Waals surface area contributed by atoms with Gasteiger partial charge in [-0.05, 0) is 44.2 Å². The number of hydrogen-bond donors (Lipinski definition) is 2. The number of hydrogen-bond acceptors (Lipinski definition) is 5. The van der Waals surface area contributed by atoms with E-state index in [2.05, 4.69) is 10.6 Å². The average Bonchev–Trinajstić information content (AvgIpc) is 2.64. The van der Waals surface area contributed by atoms with E-state index in [0.29, 0.717) is 46.9 Å². The van der Waals surface area contributed by atoms with Crippen molar-refractivity contribution in [2.24, 2.45) is 0 Å². The van der Waals surface area contributed by atoms with Gasteiger partial charge in [0.2, 0.25) is 0 Å². The molecule has 144 valence electrons. The zero-order valence-electron chi connectivity index (χ0n) is 15.3. The lowest BCUT2D eigenvalue weighted by atomic mass is 10.2. The van der Waals surface area contributed by atoms with Gasteiger partial charge in [0.05, 0.1) is 26.0 Å². The largest absolute Gasteiger partial charge is 0.495 e. The standard InChI is InChI=1S/C19H21ClN2O5/c1-4-26-16-9-7-13(11-17(16)27-5-2)21-18(23)19(24)22-14-10-12(20)6-8-15(14)25-3/h6-11H,4-5H2,1-3H3,(H,21,23)(H,22,24). The van der Waals surface area contributed by atoms with E-state index in [4.69, 9.17) is 25.8 Å². The summed E-state index contributed by atoms with van der Waals surface area (Å²) in [6.07, 6.45) is 0. The number of anilines is 2. The molecule has 0 fully saturated rings. The van der Waals surface area contributed by atoms with Gasteiger partial charge in [0, 0.05) is 16.8 Å². The molecule has 2 aromatic rings. The highest BCUT2D eigenvalue weighted by Gasteiger charge is 2.17. The van der Waals surface area contributed by atoms with E-state index in [9.17, 15) is 9.59 Å². The van der Waals surface area contributed by atoms with Gasteiger partial charge in [0.25, 0.3) is 0 Å². The Labute approximate surface area is 162 Å². The van der Waals surface area contributed by atoms with Crippen molar-refractivity contribution < 1.29 is 23.8 Å². The molecule has 0 aromatic heterocycles. The summed E-state index contributed by atoms with van der Waals surface area (Å²) in [5, 5.41) is 5.40. The zero-order valence-corrected chi connectivity index (χ0v) is 16.1. The molecule has 0 heterocycles. The first kappa shape index (κ1) is 20.4. The molecule has 0 saturated heterocycles. The number of amides is 2. The van der Waals surface area contributed by atoms with Crippen molar-refractivity contribution in [3.8, 4) is 17.2 Å². The van der Waals surface area contributed by atoms with Crippen molar-refractivity contribution in [3.05, 3.63) is 41.4 Å². The van der Waals surface area contributed by atoms with Gasteiger partial charge in [-0.1, -0.05) is 11.6 Å². The number of nitrogens with one attached hydrogen (secondary N) is 2. The second kappa shape index (κ2) is 9.68.